The van der Waals surface area contributed by atoms with Crippen LogP contribution >= 0.6 is 0 Å². The van der Waals surface area contributed by atoms with Crippen molar-refractivity contribution in [2.45, 2.75) is 58.2 Å². The monoisotopic (exact) mass is 230 g/mol. The second-order valence-electron chi connectivity index (χ2n) is 3.98. The van der Waals surface area contributed by atoms with E-state index in [-0.39, 0.29) is 12.9 Å². The van der Waals surface area contributed by atoms with Gasteiger partial charge in [-0.2, -0.15) is 0 Å². The van der Waals surface area contributed by atoms with Gasteiger partial charge in [-0.15, -0.1) is 0 Å². The lowest BCUT2D eigenvalue weighted by Gasteiger charge is -2.20. The van der Waals surface area contributed by atoms with Crippen molar-refractivity contribution in [3.63, 3.8) is 0 Å². The van der Waals surface area contributed by atoms with E-state index in [0.29, 0.717) is 0 Å². The van der Waals surface area contributed by atoms with Crippen molar-refractivity contribution in [1.29, 1.82) is 0 Å². The molecule has 0 aliphatic rings. The standard InChI is InChI=1S/C13H26O3/c1-4-6-7-8-10-12(14)13(9-5-2)16-11-15-3/h5,9,12-14H,4,6-8,10-11H2,1-3H3/b9-5+/t12-,13+/m0/s1. The first-order valence-corrected chi connectivity index (χ1v) is 6.17. The zero-order chi connectivity index (χ0) is 12.2. The molecule has 0 saturated heterocycles. The predicted molar refractivity (Wildman–Crippen MR) is 66.3 cm³/mol. The Bertz CT molecular complexity index is 169. The van der Waals surface area contributed by atoms with E-state index in [9.17, 15) is 5.11 Å². The Labute approximate surface area is 99.5 Å². The molecule has 0 aromatic rings. The van der Waals surface area contributed by atoms with Crippen molar-refractivity contribution in [2.75, 3.05) is 13.9 Å². The maximum Gasteiger partial charge on any atom is 0.147 e. The van der Waals surface area contributed by atoms with E-state index in [1.165, 1.54) is 19.3 Å². The van der Waals surface area contributed by atoms with Crippen LogP contribution in [0.5, 0.6) is 0 Å². The first kappa shape index (κ1) is 15.6. The van der Waals surface area contributed by atoms with Gasteiger partial charge in [0.15, 0.2) is 0 Å². The highest BCUT2D eigenvalue weighted by Gasteiger charge is 2.16. The molecule has 0 amide bonds. The number of methoxy groups -OCH3 is 1. The zero-order valence-corrected chi connectivity index (χ0v) is 10.8. The van der Waals surface area contributed by atoms with Gasteiger partial charge >= 0.3 is 0 Å². The van der Waals surface area contributed by atoms with Gasteiger partial charge in [-0.05, 0) is 13.3 Å². The van der Waals surface area contributed by atoms with Crippen molar-refractivity contribution in [3.8, 4) is 0 Å². The fraction of sp³-hybridized carbons (Fsp3) is 0.846. The number of rotatable bonds is 10. The van der Waals surface area contributed by atoms with Crippen molar-refractivity contribution >= 4 is 0 Å². The molecule has 0 aliphatic carbocycles. The van der Waals surface area contributed by atoms with Gasteiger partial charge in [0.1, 0.15) is 12.9 Å². The summed E-state index contributed by atoms with van der Waals surface area (Å²) in [4.78, 5) is 0. The molecule has 96 valence electrons. The molecule has 0 spiro atoms. The number of aliphatic hydroxyl groups excluding tert-OH is 1. The average Bonchev–Trinajstić information content (AvgIpc) is 2.29. The smallest absolute Gasteiger partial charge is 0.147 e. The highest BCUT2D eigenvalue weighted by Crippen LogP contribution is 2.11. The maximum atomic E-state index is 9.93. The quantitative estimate of drug-likeness (QED) is 0.356. The zero-order valence-electron chi connectivity index (χ0n) is 10.8. The lowest BCUT2D eigenvalue weighted by atomic mass is 10.0. The van der Waals surface area contributed by atoms with Crippen LogP contribution in [0.15, 0.2) is 12.2 Å². The van der Waals surface area contributed by atoms with Gasteiger partial charge in [0.05, 0.1) is 6.10 Å². The summed E-state index contributed by atoms with van der Waals surface area (Å²) in [6, 6.07) is 0. The third-order valence-corrected chi connectivity index (χ3v) is 2.49. The van der Waals surface area contributed by atoms with Crippen LogP contribution in [0.2, 0.25) is 0 Å². The largest absolute Gasteiger partial charge is 0.390 e. The first-order chi connectivity index (χ1) is 7.76. The molecule has 0 rings (SSSR count). The Morgan fingerprint density at radius 3 is 2.56 bits per heavy atom. The lowest BCUT2D eigenvalue weighted by Crippen LogP contribution is -2.27. The van der Waals surface area contributed by atoms with E-state index in [2.05, 4.69) is 6.92 Å². The molecule has 0 radical (unpaired) electrons. The topological polar surface area (TPSA) is 38.7 Å². The van der Waals surface area contributed by atoms with Crippen LogP contribution in [0.1, 0.15) is 46.0 Å². The Morgan fingerprint density at radius 1 is 1.25 bits per heavy atom. The molecule has 0 aromatic carbocycles. The van der Waals surface area contributed by atoms with E-state index in [1.807, 2.05) is 19.1 Å². The molecule has 0 aromatic heterocycles. The van der Waals surface area contributed by atoms with Crippen molar-refractivity contribution in [1.82, 2.24) is 0 Å². The Hall–Kier alpha value is -0.380. The summed E-state index contributed by atoms with van der Waals surface area (Å²) in [5.74, 6) is 0. The lowest BCUT2D eigenvalue weighted by molar-refractivity contribution is -0.0947. The van der Waals surface area contributed by atoms with E-state index < -0.39 is 6.10 Å². The van der Waals surface area contributed by atoms with Crippen LogP contribution in [0.3, 0.4) is 0 Å². The van der Waals surface area contributed by atoms with Gasteiger partial charge in [0.2, 0.25) is 0 Å². The second kappa shape index (κ2) is 11.1. The molecule has 1 N–H and O–H groups in total. The van der Waals surface area contributed by atoms with Crippen molar-refractivity contribution in [2.24, 2.45) is 0 Å². The molecular formula is C13H26O3. The summed E-state index contributed by atoms with van der Waals surface area (Å²) < 4.78 is 10.2. The highest BCUT2D eigenvalue weighted by atomic mass is 16.7. The van der Waals surface area contributed by atoms with Crippen LogP contribution < -0.4 is 0 Å². The van der Waals surface area contributed by atoms with Crippen LogP contribution in [-0.4, -0.2) is 31.2 Å². The van der Waals surface area contributed by atoms with Crippen LogP contribution in [0, 0.1) is 0 Å². The Balaban J connectivity index is 3.81. The highest BCUT2D eigenvalue weighted by molar-refractivity contribution is 4.91. The summed E-state index contributed by atoms with van der Waals surface area (Å²) in [7, 11) is 1.58. The third kappa shape index (κ3) is 7.85. The molecular weight excluding hydrogens is 204 g/mol. The van der Waals surface area contributed by atoms with E-state index in [0.717, 1.165) is 12.8 Å². The minimum absolute atomic E-state index is 0.223. The first-order valence-electron chi connectivity index (χ1n) is 6.17. The number of hydrogen-bond donors (Lipinski definition) is 1. The van der Waals surface area contributed by atoms with Gasteiger partial charge in [-0.25, -0.2) is 0 Å². The number of aliphatic hydroxyl groups is 1. The molecule has 0 fully saturated rings. The molecule has 16 heavy (non-hydrogen) atoms. The fourth-order valence-electron chi connectivity index (χ4n) is 1.58. The summed E-state index contributed by atoms with van der Waals surface area (Å²) in [5, 5.41) is 9.93. The van der Waals surface area contributed by atoms with E-state index >= 15 is 0 Å². The maximum absolute atomic E-state index is 9.93. The van der Waals surface area contributed by atoms with Crippen LogP contribution in [0.25, 0.3) is 0 Å². The van der Waals surface area contributed by atoms with Gasteiger partial charge in [0, 0.05) is 7.11 Å². The normalized spacial score (nSPS) is 15.5. The summed E-state index contributed by atoms with van der Waals surface area (Å²) in [6.45, 7) is 4.33. The summed E-state index contributed by atoms with van der Waals surface area (Å²) >= 11 is 0. The molecule has 0 aliphatic heterocycles. The minimum atomic E-state index is -0.428. The molecule has 0 unspecified atom stereocenters. The van der Waals surface area contributed by atoms with Crippen molar-refractivity contribution in [3.05, 3.63) is 12.2 Å². The number of allylic oxidation sites excluding steroid dienone is 1. The van der Waals surface area contributed by atoms with Crippen LogP contribution in [0.4, 0.5) is 0 Å². The predicted octanol–water partition coefficient (Wildman–Crippen LogP) is 2.88. The Morgan fingerprint density at radius 2 is 2.00 bits per heavy atom. The van der Waals surface area contributed by atoms with E-state index in [1.54, 1.807) is 7.11 Å². The van der Waals surface area contributed by atoms with Gasteiger partial charge in [0.25, 0.3) is 0 Å². The fourth-order valence-corrected chi connectivity index (χ4v) is 1.58. The average molecular weight is 230 g/mol. The summed E-state index contributed by atoms with van der Waals surface area (Å²) in [5.41, 5.74) is 0. The summed E-state index contributed by atoms with van der Waals surface area (Å²) in [6.07, 6.45) is 8.58. The molecule has 2 atom stereocenters. The van der Waals surface area contributed by atoms with Gasteiger partial charge < -0.3 is 14.6 Å². The minimum Gasteiger partial charge on any atom is -0.390 e. The molecule has 3 nitrogen and oxygen atoms in total. The molecule has 3 heteroatoms. The number of unbranched alkanes of at least 4 members (excludes halogenated alkanes) is 3. The molecule has 0 bridgehead atoms. The van der Waals surface area contributed by atoms with E-state index in [4.69, 9.17) is 9.47 Å². The van der Waals surface area contributed by atoms with Gasteiger partial charge in [-0.1, -0.05) is 44.8 Å². The van der Waals surface area contributed by atoms with Crippen LogP contribution in [-0.2, 0) is 9.47 Å². The SMILES string of the molecule is C/C=C/[C@@H](OCOC)[C@@H](O)CCCCCC. The Kier molecular flexibility index (Phi) is 10.9. The number of ether oxygens (including phenoxy) is 2. The number of hydrogen-bond acceptors (Lipinski definition) is 3. The molecule has 0 saturated carbocycles. The van der Waals surface area contributed by atoms with Gasteiger partial charge in [-0.3, -0.25) is 0 Å². The molecule has 0 heterocycles. The van der Waals surface area contributed by atoms with Crippen molar-refractivity contribution < 1.29 is 14.6 Å². The second-order valence-corrected chi connectivity index (χ2v) is 3.98. The third-order valence-electron chi connectivity index (χ3n) is 2.49.